The number of benzene rings is 2. The van der Waals surface area contributed by atoms with E-state index < -0.39 is 0 Å². The Morgan fingerprint density at radius 3 is 2.68 bits per heavy atom. The van der Waals surface area contributed by atoms with Crippen LogP contribution in [0.15, 0.2) is 42.5 Å². The van der Waals surface area contributed by atoms with Crippen LogP contribution in [0.25, 0.3) is 11.1 Å². The quantitative estimate of drug-likeness (QED) is 0.735. The Balaban J connectivity index is 1.69. The Kier molecular flexibility index (Phi) is 3.82. The number of nitrogen functional groups attached to an aromatic ring is 1. The summed E-state index contributed by atoms with van der Waals surface area (Å²) < 4.78 is 10.8. The molecule has 1 aliphatic heterocycles. The normalized spacial score (nSPS) is 12.2. The molecule has 6 nitrogen and oxygen atoms in total. The molecular weight excluding hydrogens is 340 g/mol. The monoisotopic (exact) mass is 354 g/mol. The zero-order valence-electron chi connectivity index (χ0n) is 13.4. The number of anilines is 3. The van der Waals surface area contributed by atoms with Gasteiger partial charge in [0.2, 0.25) is 12.7 Å². The second kappa shape index (κ2) is 6.14. The summed E-state index contributed by atoms with van der Waals surface area (Å²) in [6.07, 6.45) is 0. The first-order chi connectivity index (χ1) is 12.1. The maximum atomic E-state index is 6.29. The molecule has 3 N–H and O–H groups in total. The number of nitrogens with two attached hydrogens (primary N) is 1. The van der Waals surface area contributed by atoms with Gasteiger partial charge in [-0.3, -0.25) is 0 Å². The van der Waals surface area contributed by atoms with Crippen LogP contribution >= 0.6 is 11.6 Å². The lowest BCUT2D eigenvalue weighted by atomic mass is 10.0. The van der Waals surface area contributed by atoms with Gasteiger partial charge in [-0.15, -0.1) is 0 Å². The lowest BCUT2D eigenvalue weighted by molar-refractivity contribution is 0.174. The number of hydrogen-bond donors (Lipinski definition) is 2. The molecule has 1 aromatic heterocycles. The maximum absolute atomic E-state index is 6.29. The van der Waals surface area contributed by atoms with E-state index in [1.165, 1.54) is 0 Å². The molecule has 0 saturated carbocycles. The standard InChI is InChI=1S/C18H15ClN4O2/c1-10-4-17(23-18(20)21-10)22-14-6-12(5-13(19)8-14)11-2-3-15-16(7-11)25-9-24-15/h2-8H,9H2,1H3,(H3,20,21,22,23). The second-order valence-electron chi connectivity index (χ2n) is 5.67. The minimum atomic E-state index is 0.223. The molecule has 1 aliphatic rings. The number of hydrogen-bond acceptors (Lipinski definition) is 6. The van der Waals surface area contributed by atoms with Crippen molar-refractivity contribution in [2.24, 2.45) is 0 Å². The number of aryl methyl sites for hydroxylation is 1. The van der Waals surface area contributed by atoms with Crippen molar-refractivity contribution in [3.63, 3.8) is 0 Å². The summed E-state index contributed by atoms with van der Waals surface area (Å²) in [5, 5.41) is 3.83. The van der Waals surface area contributed by atoms with Crippen molar-refractivity contribution in [1.29, 1.82) is 0 Å². The van der Waals surface area contributed by atoms with Gasteiger partial charge >= 0.3 is 0 Å². The highest BCUT2D eigenvalue weighted by molar-refractivity contribution is 6.31. The van der Waals surface area contributed by atoms with Crippen LogP contribution < -0.4 is 20.5 Å². The van der Waals surface area contributed by atoms with Gasteiger partial charge < -0.3 is 20.5 Å². The predicted molar refractivity (Wildman–Crippen MR) is 97.5 cm³/mol. The summed E-state index contributed by atoms with van der Waals surface area (Å²) in [6, 6.07) is 13.3. The van der Waals surface area contributed by atoms with Crippen LogP contribution in [0.5, 0.6) is 11.5 Å². The number of rotatable bonds is 3. The Bertz CT molecular complexity index is 942. The fourth-order valence-corrected chi connectivity index (χ4v) is 2.94. The Morgan fingerprint density at radius 1 is 1.00 bits per heavy atom. The first kappa shape index (κ1) is 15.5. The first-order valence-corrected chi connectivity index (χ1v) is 8.03. The summed E-state index contributed by atoms with van der Waals surface area (Å²) in [7, 11) is 0. The molecule has 0 atom stereocenters. The van der Waals surface area contributed by atoms with E-state index in [1.54, 1.807) is 0 Å². The lowest BCUT2D eigenvalue weighted by Gasteiger charge is -2.10. The topological polar surface area (TPSA) is 82.3 Å². The predicted octanol–water partition coefficient (Wildman–Crippen LogP) is 4.16. The number of nitrogens with one attached hydrogen (secondary N) is 1. The molecule has 126 valence electrons. The average Bonchev–Trinajstić information content (AvgIpc) is 3.00. The van der Waals surface area contributed by atoms with Crippen molar-refractivity contribution in [3.05, 3.63) is 53.2 Å². The molecule has 3 aromatic rings. The summed E-state index contributed by atoms with van der Waals surface area (Å²) in [5.41, 5.74) is 9.22. The Morgan fingerprint density at radius 2 is 1.84 bits per heavy atom. The summed E-state index contributed by atoms with van der Waals surface area (Å²) >= 11 is 6.29. The molecule has 7 heteroatoms. The highest BCUT2D eigenvalue weighted by atomic mass is 35.5. The van der Waals surface area contributed by atoms with Crippen LogP contribution in [0, 0.1) is 6.92 Å². The molecule has 2 aromatic carbocycles. The van der Waals surface area contributed by atoms with Crippen LogP contribution in [0.4, 0.5) is 17.5 Å². The molecular formula is C18H15ClN4O2. The van der Waals surface area contributed by atoms with Crippen LogP contribution in [-0.2, 0) is 0 Å². The number of ether oxygens (including phenoxy) is 2. The van der Waals surface area contributed by atoms with Crippen molar-refractivity contribution in [2.75, 3.05) is 17.8 Å². The number of nitrogens with zero attached hydrogens (tertiary/aromatic N) is 2. The van der Waals surface area contributed by atoms with E-state index in [4.69, 9.17) is 26.8 Å². The van der Waals surface area contributed by atoms with Gasteiger partial charge in [-0.2, -0.15) is 4.98 Å². The van der Waals surface area contributed by atoms with Gasteiger partial charge in [-0.05, 0) is 48.4 Å². The Hall–Kier alpha value is -2.99. The zero-order valence-corrected chi connectivity index (χ0v) is 14.2. The molecule has 4 rings (SSSR count). The highest BCUT2D eigenvalue weighted by Gasteiger charge is 2.14. The van der Waals surface area contributed by atoms with E-state index in [0.29, 0.717) is 10.8 Å². The summed E-state index contributed by atoms with van der Waals surface area (Å²) in [6.45, 7) is 2.11. The van der Waals surface area contributed by atoms with Gasteiger partial charge in [-0.1, -0.05) is 17.7 Å². The molecule has 0 fully saturated rings. The third-order valence-corrected chi connectivity index (χ3v) is 3.97. The molecule has 2 heterocycles. The van der Waals surface area contributed by atoms with Crippen molar-refractivity contribution >= 4 is 29.1 Å². The second-order valence-corrected chi connectivity index (χ2v) is 6.11. The smallest absolute Gasteiger partial charge is 0.231 e. The van der Waals surface area contributed by atoms with E-state index in [0.717, 1.165) is 34.0 Å². The number of aromatic nitrogens is 2. The van der Waals surface area contributed by atoms with Gasteiger partial charge in [0, 0.05) is 22.5 Å². The molecule has 0 spiro atoms. The number of halogens is 1. The minimum absolute atomic E-state index is 0.223. The van der Waals surface area contributed by atoms with E-state index in [1.807, 2.05) is 49.4 Å². The van der Waals surface area contributed by atoms with Crippen molar-refractivity contribution in [3.8, 4) is 22.6 Å². The van der Waals surface area contributed by atoms with Crippen LogP contribution in [-0.4, -0.2) is 16.8 Å². The molecule has 25 heavy (non-hydrogen) atoms. The third kappa shape index (κ3) is 3.29. The largest absolute Gasteiger partial charge is 0.454 e. The maximum Gasteiger partial charge on any atom is 0.231 e. The van der Waals surface area contributed by atoms with E-state index in [2.05, 4.69) is 15.3 Å². The van der Waals surface area contributed by atoms with Gasteiger partial charge in [0.1, 0.15) is 5.82 Å². The van der Waals surface area contributed by atoms with Gasteiger partial charge in [0.05, 0.1) is 0 Å². The van der Waals surface area contributed by atoms with Gasteiger partial charge in [0.25, 0.3) is 0 Å². The fraction of sp³-hybridized carbons (Fsp3) is 0.111. The highest BCUT2D eigenvalue weighted by Crippen LogP contribution is 2.37. The SMILES string of the molecule is Cc1cc(Nc2cc(Cl)cc(-c3ccc4c(c3)OCO4)c2)nc(N)n1. The summed E-state index contributed by atoms with van der Waals surface area (Å²) in [4.78, 5) is 8.25. The van der Waals surface area contributed by atoms with Gasteiger partial charge in [-0.25, -0.2) is 4.98 Å². The Labute approximate surface area is 149 Å². The average molecular weight is 355 g/mol. The first-order valence-electron chi connectivity index (χ1n) is 7.66. The van der Waals surface area contributed by atoms with E-state index >= 15 is 0 Å². The molecule has 0 aliphatic carbocycles. The fourth-order valence-electron chi connectivity index (χ4n) is 2.71. The summed E-state index contributed by atoms with van der Waals surface area (Å²) in [5.74, 6) is 2.31. The lowest BCUT2D eigenvalue weighted by Crippen LogP contribution is -2.01. The molecule has 0 saturated heterocycles. The van der Waals surface area contributed by atoms with Crippen LogP contribution in [0.3, 0.4) is 0 Å². The van der Waals surface area contributed by atoms with Crippen molar-refractivity contribution in [2.45, 2.75) is 6.92 Å². The molecule has 0 amide bonds. The molecule has 0 unspecified atom stereocenters. The van der Waals surface area contributed by atoms with E-state index in [9.17, 15) is 0 Å². The number of fused-ring (bicyclic) bond motifs is 1. The zero-order chi connectivity index (χ0) is 17.4. The van der Waals surface area contributed by atoms with Crippen molar-refractivity contribution < 1.29 is 9.47 Å². The molecule has 0 radical (unpaired) electrons. The van der Waals surface area contributed by atoms with Crippen molar-refractivity contribution in [1.82, 2.24) is 9.97 Å². The molecule has 0 bridgehead atoms. The van der Waals surface area contributed by atoms with Gasteiger partial charge in [0.15, 0.2) is 11.5 Å². The minimum Gasteiger partial charge on any atom is -0.454 e. The third-order valence-electron chi connectivity index (χ3n) is 3.75. The van der Waals surface area contributed by atoms with Crippen LogP contribution in [0.2, 0.25) is 5.02 Å². The van der Waals surface area contributed by atoms with E-state index in [-0.39, 0.29) is 12.7 Å². The van der Waals surface area contributed by atoms with Crippen LogP contribution in [0.1, 0.15) is 5.69 Å².